The fourth-order valence-corrected chi connectivity index (χ4v) is 4.12. The van der Waals surface area contributed by atoms with Gasteiger partial charge in [0.15, 0.2) is 0 Å². The van der Waals surface area contributed by atoms with Crippen LogP contribution < -0.4 is 10.6 Å². The van der Waals surface area contributed by atoms with E-state index >= 15 is 0 Å². The van der Waals surface area contributed by atoms with Crippen LogP contribution in [0.5, 0.6) is 0 Å². The zero-order chi connectivity index (χ0) is 23.3. The molecule has 1 heterocycles. The average molecular weight is 476 g/mol. The molecule has 170 valence electrons. The lowest BCUT2D eigenvalue weighted by Crippen LogP contribution is -2.45. The number of hydrogen-bond donors (Lipinski definition) is 2. The summed E-state index contributed by atoms with van der Waals surface area (Å²) in [6, 6.07) is 11.5. The van der Waals surface area contributed by atoms with Crippen LogP contribution in [0.15, 0.2) is 42.5 Å². The molecule has 0 saturated carbocycles. The van der Waals surface area contributed by atoms with Crippen molar-refractivity contribution in [3.8, 4) is 0 Å². The van der Waals surface area contributed by atoms with Gasteiger partial charge in [0.25, 0.3) is 5.91 Å². The molecule has 6 nitrogen and oxygen atoms in total. The van der Waals surface area contributed by atoms with E-state index in [1.54, 1.807) is 17.0 Å². The van der Waals surface area contributed by atoms with Crippen molar-refractivity contribution in [2.24, 2.45) is 5.92 Å². The van der Waals surface area contributed by atoms with Crippen LogP contribution in [0.1, 0.15) is 49.0 Å². The van der Waals surface area contributed by atoms with Crippen LogP contribution in [0.3, 0.4) is 0 Å². The highest BCUT2D eigenvalue weighted by atomic mass is 35.5. The number of rotatable bonds is 7. The predicted molar refractivity (Wildman–Crippen MR) is 127 cm³/mol. The summed E-state index contributed by atoms with van der Waals surface area (Å²) in [4.78, 5) is 39.4. The Morgan fingerprint density at radius 1 is 1.12 bits per heavy atom. The summed E-state index contributed by atoms with van der Waals surface area (Å²) in [6.45, 7) is 4.76. The molecular weight excluding hydrogens is 449 g/mol. The van der Waals surface area contributed by atoms with Crippen LogP contribution in [0.4, 0.5) is 5.69 Å². The van der Waals surface area contributed by atoms with E-state index in [1.165, 1.54) is 6.07 Å². The largest absolute Gasteiger partial charge is 0.350 e. The van der Waals surface area contributed by atoms with Gasteiger partial charge in [-0.05, 0) is 54.7 Å². The fraction of sp³-hybridized carbons (Fsp3) is 0.375. The minimum Gasteiger partial charge on any atom is -0.350 e. The number of amides is 3. The van der Waals surface area contributed by atoms with E-state index in [2.05, 4.69) is 10.6 Å². The van der Waals surface area contributed by atoms with Crippen LogP contribution >= 0.6 is 23.2 Å². The zero-order valence-electron chi connectivity index (χ0n) is 18.2. The van der Waals surface area contributed by atoms with Crippen molar-refractivity contribution in [3.05, 3.63) is 63.6 Å². The van der Waals surface area contributed by atoms with E-state index in [0.29, 0.717) is 47.2 Å². The van der Waals surface area contributed by atoms with Crippen molar-refractivity contribution < 1.29 is 14.4 Å². The van der Waals surface area contributed by atoms with E-state index in [-0.39, 0.29) is 23.6 Å². The molecule has 0 aromatic heterocycles. The number of nitrogens with zero attached hydrogens (tertiary/aromatic N) is 1. The number of nitrogens with one attached hydrogen (secondary N) is 2. The average Bonchev–Trinajstić information content (AvgIpc) is 3.23. The Morgan fingerprint density at radius 2 is 1.91 bits per heavy atom. The van der Waals surface area contributed by atoms with Gasteiger partial charge in [0.2, 0.25) is 11.8 Å². The van der Waals surface area contributed by atoms with Gasteiger partial charge < -0.3 is 15.5 Å². The topological polar surface area (TPSA) is 78.5 Å². The van der Waals surface area contributed by atoms with Gasteiger partial charge in [-0.3, -0.25) is 14.4 Å². The van der Waals surface area contributed by atoms with E-state index in [1.807, 2.05) is 38.1 Å². The normalized spacial score (nSPS) is 15.7. The van der Waals surface area contributed by atoms with E-state index in [4.69, 9.17) is 23.2 Å². The monoisotopic (exact) mass is 475 g/mol. The van der Waals surface area contributed by atoms with Gasteiger partial charge in [0.05, 0.1) is 10.6 Å². The molecule has 1 aliphatic heterocycles. The molecule has 0 aliphatic carbocycles. The number of carbonyl (C=O) groups is 3. The van der Waals surface area contributed by atoms with E-state index in [9.17, 15) is 14.4 Å². The quantitative estimate of drug-likeness (QED) is 0.597. The van der Waals surface area contributed by atoms with Crippen molar-refractivity contribution in [2.75, 3.05) is 11.9 Å². The van der Waals surface area contributed by atoms with Crippen molar-refractivity contribution in [1.29, 1.82) is 0 Å². The van der Waals surface area contributed by atoms with Crippen molar-refractivity contribution in [1.82, 2.24) is 10.2 Å². The second-order valence-corrected chi connectivity index (χ2v) is 9.19. The lowest BCUT2D eigenvalue weighted by Gasteiger charge is -2.24. The van der Waals surface area contributed by atoms with Crippen LogP contribution in [0.2, 0.25) is 10.0 Å². The van der Waals surface area contributed by atoms with Crippen LogP contribution in [0, 0.1) is 5.92 Å². The number of halogens is 2. The molecule has 2 aromatic rings. The highest BCUT2D eigenvalue weighted by Crippen LogP contribution is 2.26. The number of benzene rings is 2. The molecule has 3 rings (SSSR count). The molecule has 1 aliphatic rings. The Hall–Kier alpha value is -2.57. The van der Waals surface area contributed by atoms with Crippen LogP contribution in [-0.2, 0) is 16.1 Å². The highest BCUT2D eigenvalue weighted by molar-refractivity contribution is 6.35. The number of hydrogen-bond acceptors (Lipinski definition) is 3. The molecule has 2 aromatic carbocycles. The molecule has 0 bridgehead atoms. The third-order valence-corrected chi connectivity index (χ3v) is 5.81. The van der Waals surface area contributed by atoms with Crippen molar-refractivity contribution >= 4 is 46.6 Å². The molecule has 0 spiro atoms. The Labute approximate surface area is 198 Å². The number of carbonyl (C=O) groups excluding carboxylic acids is 3. The summed E-state index contributed by atoms with van der Waals surface area (Å²) < 4.78 is 0. The maximum atomic E-state index is 13.0. The summed E-state index contributed by atoms with van der Waals surface area (Å²) in [5, 5.41) is 6.51. The second kappa shape index (κ2) is 10.8. The Bertz CT molecular complexity index is 1010. The molecule has 2 N–H and O–H groups in total. The standard InChI is InChI=1S/C24H27Cl2N3O3/c1-15(2)11-22(30)28-18-6-3-5-16(12-18)14-27-23(31)21-7-4-10-29(21)24(32)19-13-17(25)8-9-20(19)26/h3,5-6,8-9,12-13,15,21H,4,7,10-11,14H2,1-2H3,(H,27,31)(H,28,30). The third kappa shape index (κ3) is 6.24. The molecule has 3 amide bonds. The molecular formula is C24H27Cl2N3O3. The minimum absolute atomic E-state index is 0.0408. The van der Waals surface area contributed by atoms with Crippen LogP contribution in [0.25, 0.3) is 0 Å². The fourth-order valence-electron chi connectivity index (χ4n) is 3.75. The Morgan fingerprint density at radius 3 is 2.66 bits per heavy atom. The van der Waals surface area contributed by atoms with Gasteiger partial charge in [-0.1, -0.05) is 49.2 Å². The first-order valence-corrected chi connectivity index (χ1v) is 11.4. The summed E-state index contributed by atoms with van der Waals surface area (Å²) in [7, 11) is 0. The summed E-state index contributed by atoms with van der Waals surface area (Å²) in [5.74, 6) is -0.287. The van der Waals surface area contributed by atoms with E-state index < -0.39 is 6.04 Å². The van der Waals surface area contributed by atoms with Gasteiger partial charge in [0.1, 0.15) is 6.04 Å². The molecule has 0 radical (unpaired) electrons. The van der Waals surface area contributed by atoms with Gasteiger partial charge in [-0.25, -0.2) is 0 Å². The van der Waals surface area contributed by atoms with Crippen LogP contribution in [-0.4, -0.2) is 35.2 Å². The van der Waals surface area contributed by atoms with Crippen molar-refractivity contribution in [3.63, 3.8) is 0 Å². The molecule has 1 fully saturated rings. The molecule has 32 heavy (non-hydrogen) atoms. The molecule has 8 heteroatoms. The zero-order valence-corrected chi connectivity index (χ0v) is 19.7. The van der Waals surface area contributed by atoms with Crippen molar-refractivity contribution in [2.45, 2.75) is 45.7 Å². The van der Waals surface area contributed by atoms with Gasteiger partial charge >= 0.3 is 0 Å². The minimum atomic E-state index is -0.563. The SMILES string of the molecule is CC(C)CC(=O)Nc1cccc(CNC(=O)C2CCCN2C(=O)c2cc(Cl)ccc2Cl)c1. The lowest BCUT2D eigenvalue weighted by molar-refractivity contribution is -0.125. The smallest absolute Gasteiger partial charge is 0.256 e. The Kier molecular flexibility index (Phi) is 8.15. The summed E-state index contributed by atoms with van der Waals surface area (Å²) in [5.41, 5.74) is 1.84. The van der Waals surface area contributed by atoms with E-state index in [0.717, 1.165) is 12.0 Å². The second-order valence-electron chi connectivity index (χ2n) is 8.35. The summed E-state index contributed by atoms with van der Waals surface area (Å²) >= 11 is 12.2. The summed E-state index contributed by atoms with van der Waals surface area (Å²) in [6.07, 6.45) is 1.77. The highest BCUT2D eigenvalue weighted by Gasteiger charge is 2.35. The maximum Gasteiger partial charge on any atom is 0.256 e. The first-order chi connectivity index (χ1) is 15.2. The number of likely N-dealkylation sites (tertiary alicyclic amines) is 1. The first-order valence-electron chi connectivity index (χ1n) is 10.7. The molecule has 1 atom stereocenters. The van der Waals surface area contributed by atoms with Gasteiger partial charge in [0, 0.05) is 30.2 Å². The predicted octanol–water partition coefficient (Wildman–Crippen LogP) is 4.90. The Balaban J connectivity index is 1.62. The van der Waals surface area contributed by atoms with Gasteiger partial charge in [-0.2, -0.15) is 0 Å². The lowest BCUT2D eigenvalue weighted by atomic mass is 10.1. The molecule has 1 unspecified atom stereocenters. The number of anilines is 1. The van der Waals surface area contributed by atoms with Gasteiger partial charge in [-0.15, -0.1) is 0 Å². The maximum absolute atomic E-state index is 13.0. The first kappa shape index (κ1) is 24.1. The third-order valence-electron chi connectivity index (χ3n) is 5.25. The molecule has 1 saturated heterocycles.